The van der Waals surface area contributed by atoms with E-state index in [9.17, 15) is 5.11 Å². The summed E-state index contributed by atoms with van der Waals surface area (Å²) in [6.45, 7) is 4.89. The van der Waals surface area contributed by atoms with E-state index in [2.05, 4.69) is 13.8 Å². The molecule has 3 fully saturated rings. The van der Waals surface area contributed by atoms with E-state index >= 15 is 0 Å². The molecule has 3 saturated carbocycles. The second-order valence-electron chi connectivity index (χ2n) is 7.02. The van der Waals surface area contributed by atoms with E-state index < -0.39 is 0 Å². The lowest BCUT2D eigenvalue weighted by Crippen LogP contribution is -2.43. The van der Waals surface area contributed by atoms with Gasteiger partial charge in [0.1, 0.15) is 0 Å². The number of fused-ring (bicyclic) bond motifs is 2. The van der Waals surface area contributed by atoms with Crippen LogP contribution in [0.5, 0.6) is 0 Å². The molecule has 0 aliphatic heterocycles. The first-order valence-corrected chi connectivity index (χ1v) is 7.27. The summed E-state index contributed by atoms with van der Waals surface area (Å²) in [5.74, 6) is 1.71. The number of hydrogen-bond acceptors (Lipinski definition) is 1. The molecule has 3 aliphatic rings. The molecule has 1 heteroatoms. The smallest absolute Gasteiger partial charge is 0.0602 e. The number of hydrogen-bond donors (Lipinski definition) is 1. The van der Waals surface area contributed by atoms with Crippen LogP contribution in [0.4, 0.5) is 0 Å². The first-order valence-electron chi connectivity index (χ1n) is 7.27. The number of aliphatic hydroxyl groups is 1. The zero-order valence-corrected chi connectivity index (χ0v) is 10.8. The quantitative estimate of drug-likeness (QED) is 0.716. The van der Waals surface area contributed by atoms with Crippen LogP contribution in [0.2, 0.25) is 0 Å². The fourth-order valence-corrected chi connectivity index (χ4v) is 5.43. The average molecular weight is 222 g/mol. The molecule has 0 spiro atoms. The largest absolute Gasteiger partial charge is 0.393 e. The highest BCUT2D eigenvalue weighted by molar-refractivity contribution is 5.14. The molecule has 16 heavy (non-hydrogen) atoms. The molecule has 1 N–H and O–H groups in total. The Morgan fingerprint density at radius 2 is 1.62 bits per heavy atom. The van der Waals surface area contributed by atoms with E-state index in [1.54, 1.807) is 0 Å². The van der Waals surface area contributed by atoms with Crippen molar-refractivity contribution in [2.24, 2.45) is 22.7 Å². The summed E-state index contributed by atoms with van der Waals surface area (Å²) < 4.78 is 0. The van der Waals surface area contributed by atoms with Gasteiger partial charge in [-0.25, -0.2) is 0 Å². The molecule has 0 unspecified atom stereocenters. The van der Waals surface area contributed by atoms with Gasteiger partial charge in [-0.15, -0.1) is 0 Å². The predicted molar refractivity (Wildman–Crippen MR) is 66.1 cm³/mol. The van der Waals surface area contributed by atoms with Crippen LogP contribution in [0, 0.1) is 22.7 Å². The summed E-state index contributed by atoms with van der Waals surface area (Å²) >= 11 is 0. The molecule has 0 aromatic rings. The van der Waals surface area contributed by atoms with Crippen molar-refractivity contribution in [3.05, 3.63) is 0 Å². The maximum atomic E-state index is 10.3. The fourth-order valence-electron chi connectivity index (χ4n) is 5.43. The highest BCUT2D eigenvalue weighted by Gasteiger charge is 2.65. The van der Waals surface area contributed by atoms with Gasteiger partial charge in [0.15, 0.2) is 0 Å². The topological polar surface area (TPSA) is 20.2 Å². The standard InChI is InChI=1S/C15H26O/c1-14-9-8-12(10-13(14)16)15(14,2)11-6-4-3-5-7-11/h11-13,16H,3-10H2,1-2H3/t12-,13+,14+,15-/m0/s1. The molecular formula is C15H26O. The van der Waals surface area contributed by atoms with Gasteiger partial charge in [-0.2, -0.15) is 0 Å². The Bertz CT molecular complexity index is 281. The van der Waals surface area contributed by atoms with Crippen LogP contribution < -0.4 is 0 Å². The lowest BCUT2D eigenvalue weighted by Gasteiger charge is -2.47. The first-order chi connectivity index (χ1) is 7.59. The van der Waals surface area contributed by atoms with Crippen molar-refractivity contribution in [1.82, 2.24) is 0 Å². The average Bonchev–Trinajstić information content (AvgIpc) is 2.66. The normalized spacial score (nSPS) is 53.4. The van der Waals surface area contributed by atoms with E-state index in [0.29, 0.717) is 5.41 Å². The summed E-state index contributed by atoms with van der Waals surface area (Å²) in [6, 6.07) is 0. The molecule has 0 heterocycles. The van der Waals surface area contributed by atoms with Gasteiger partial charge in [0.05, 0.1) is 6.10 Å². The van der Waals surface area contributed by atoms with Gasteiger partial charge in [0.2, 0.25) is 0 Å². The molecule has 1 nitrogen and oxygen atoms in total. The monoisotopic (exact) mass is 222 g/mol. The lowest BCUT2D eigenvalue weighted by atomic mass is 9.58. The minimum Gasteiger partial charge on any atom is -0.393 e. The van der Waals surface area contributed by atoms with Crippen molar-refractivity contribution in [3.63, 3.8) is 0 Å². The van der Waals surface area contributed by atoms with Gasteiger partial charge >= 0.3 is 0 Å². The third kappa shape index (κ3) is 1.16. The van der Waals surface area contributed by atoms with Crippen LogP contribution in [0.25, 0.3) is 0 Å². The summed E-state index contributed by atoms with van der Waals surface area (Å²) in [6.07, 6.45) is 10.9. The summed E-state index contributed by atoms with van der Waals surface area (Å²) in [5.41, 5.74) is 0.687. The molecule has 0 aromatic carbocycles. The van der Waals surface area contributed by atoms with Gasteiger partial charge in [-0.05, 0) is 54.8 Å². The van der Waals surface area contributed by atoms with Crippen LogP contribution >= 0.6 is 0 Å². The maximum absolute atomic E-state index is 10.3. The number of aliphatic hydroxyl groups excluding tert-OH is 1. The van der Waals surface area contributed by atoms with Gasteiger partial charge in [-0.1, -0.05) is 33.1 Å². The molecule has 2 bridgehead atoms. The van der Waals surface area contributed by atoms with E-state index in [1.165, 1.54) is 44.9 Å². The Hall–Kier alpha value is -0.0400. The van der Waals surface area contributed by atoms with E-state index in [4.69, 9.17) is 0 Å². The number of rotatable bonds is 1. The molecule has 3 rings (SSSR count). The Kier molecular flexibility index (Phi) is 2.41. The summed E-state index contributed by atoms with van der Waals surface area (Å²) in [5, 5.41) is 10.3. The fraction of sp³-hybridized carbons (Fsp3) is 1.00. The van der Waals surface area contributed by atoms with Crippen LogP contribution in [0.15, 0.2) is 0 Å². The summed E-state index contributed by atoms with van der Waals surface area (Å²) in [7, 11) is 0. The highest BCUT2D eigenvalue weighted by atomic mass is 16.3. The van der Waals surface area contributed by atoms with Crippen molar-refractivity contribution in [3.8, 4) is 0 Å². The predicted octanol–water partition coefficient (Wildman–Crippen LogP) is 3.75. The lowest BCUT2D eigenvalue weighted by molar-refractivity contribution is -0.0342. The minimum atomic E-state index is -0.0156. The van der Waals surface area contributed by atoms with Gasteiger partial charge in [-0.3, -0.25) is 0 Å². The third-order valence-corrected chi connectivity index (χ3v) is 6.79. The zero-order valence-electron chi connectivity index (χ0n) is 10.8. The second kappa shape index (κ2) is 3.48. The molecule has 0 amide bonds. The van der Waals surface area contributed by atoms with E-state index in [-0.39, 0.29) is 11.5 Å². The Balaban J connectivity index is 1.92. The van der Waals surface area contributed by atoms with Crippen molar-refractivity contribution in [1.29, 1.82) is 0 Å². The Morgan fingerprint density at radius 3 is 2.12 bits per heavy atom. The van der Waals surface area contributed by atoms with Crippen LogP contribution in [-0.2, 0) is 0 Å². The third-order valence-electron chi connectivity index (χ3n) is 6.79. The van der Waals surface area contributed by atoms with Crippen molar-refractivity contribution in [2.45, 2.75) is 71.3 Å². The zero-order chi connectivity index (χ0) is 11.4. The highest BCUT2D eigenvalue weighted by Crippen LogP contribution is 2.70. The van der Waals surface area contributed by atoms with Gasteiger partial charge in [0, 0.05) is 0 Å². The van der Waals surface area contributed by atoms with E-state index in [0.717, 1.165) is 18.3 Å². The molecule has 3 aliphatic carbocycles. The summed E-state index contributed by atoms with van der Waals surface area (Å²) in [4.78, 5) is 0. The minimum absolute atomic E-state index is 0.0156. The SMILES string of the molecule is C[C@]1(C2CCCCC2)[C@H]2CC[C@]1(C)[C@H](O)C2. The first kappa shape index (κ1) is 11.1. The molecule has 92 valence electrons. The molecule has 0 saturated heterocycles. The van der Waals surface area contributed by atoms with E-state index in [1.807, 2.05) is 0 Å². The molecule has 0 aromatic heterocycles. The van der Waals surface area contributed by atoms with Crippen molar-refractivity contribution in [2.75, 3.05) is 0 Å². The van der Waals surface area contributed by atoms with Crippen molar-refractivity contribution < 1.29 is 5.11 Å². The molecule has 0 radical (unpaired) electrons. The Morgan fingerprint density at radius 1 is 0.938 bits per heavy atom. The van der Waals surface area contributed by atoms with Crippen LogP contribution in [0.3, 0.4) is 0 Å². The van der Waals surface area contributed by atoms with Gasteiger partial charge in [0.25, 0.3) is 0 Å². The van der Waals surface area contributed by atoms with Crippen LogP contribution in [0.1, 0.15) is 65.2 Å². The molecule has 4 atom stereocenters. The molecular weight excluding hydrogens is 196 g/mol. The maximum Gasteiger partial charge on any atom is 0.0602 e. The van der Waals surface area contributed by atoms with Crippen LogP contribution in [-0.4, -0.2) is 11.2 Å². The second-order valence-corrected chi connectivity index (χ2v) is 7.02. The van der Waals surface area contributed by atoms with Gasteiger partial charge < -0.3 is 5.11 Å². The van der Waals surface area contributed by atoms with Crippen molar-refractivity contribution >= 4 is 0 Å². The Labute approximate surface area is 99.6 Å².